The van der Waals surface area contributed by atoms with Crippen LogP contribution >= 0.6 is 0 Å². The molecule has 1 rings (SSSR count). The van der Waals surface area contributed by atoms with E-state index < -0.39 is 5.60 Å². The smallest absolute Gasteiger partial charge is 0.411 e. The number of nitrogens with zero attached hydrogens (tertiary/aromatic N) is 1. The van der Waals surface area contributed by atoms with Crippen molar-refractivity contribution in [3.8, 4) is 0 Å². The van der Waals surface area contributed by atoms with Crippen LogP contribution in [0.15, 0.2) is 35.6 Å². The zero-order valence-electron chi connectivity index (χ0n) is 14.8. The van der Waals surface area contributed by atoms with Gasteiger partial charge in [-0.1, -0.05) is 18.2 Å². The SMILES string of the molecule is C/C=C\C1=C(/C=C\C)C(C)N(C(=O)OC(C)(C)C)C(C)CO1. The fourth-order valence-electron chi connectivity index (χ4n) is 2.46. The molecule has 0 fully saturated rings. The van der Waals surface area contributed by atoms with Gasteiger partial charge in [0.1, 0.15) is 18.0 Å². The molecule has 1 heterocycles. The number of amides is 1. The second kappa shape index (κ2) is 7.52. The first-order valence-corrected chi connectivity index (χ1v) is 7.85. The van der Waals surface area contributed by atoms with Crippen molar-refractivity contribution in [2.45, 2.75) is 66.2 Å². The summed E-state index contributed by atoms with van der Waals surface area (Å²) in [6, 6.07) is -0.178. The quantitative estimate of drug-likeness (QED) is 0.757. The van der Waals surface area contributed by atoms with Crippen molar-refractivity contribution < 1.29 is 14.3 Å². The van der Waals surface area contributed by atoms with Gasteiger partial charge in [-0.05, 0) is 54.5 Å². The standard InChI is InChI=1S/C18H29NO3/c1-8-10-15-14(4)19(17(20)22-18(5,6)7)13(3)12-21-16(15)11-9-2/h8-11,13-14H,12H2,1-7H3/b10-8-,11-9-. The second-order valence-electron chi connectivity index (χ2n) is 6.54. The van der Waals surface area contributed by atoms with Crippen LogP contribution in [0.2, 0.25) is 0 Å². The first kappa shape index (κ1) is 18.3. The van der Waals surface area contributed by atoms with Gasteiger partial charge in [-0.15, -0.1) is 0 Å². The number of carbonyl (C=O) groups excluding carboxylic acids is 1. The minimum atomic E-state index is -0.514. The Morgan fingerprint density at radius 1 is 1.23 bits per heavy atom. The van der Waals surface area contributed by atoms with Gasteiger partial charge in [-0.3, -0.25) is 4.90 Å². The summed E-state index contributed by atoms with van der Waals surface area (Å²) < 4.78 is 11.5. The Balaban J connectivity index is 3.20. The van der Waals surface area contributed by atoms with E-state index in [1.165, 1.54) is 0 Å². The number of ether oxygens (including phenoxy) is 2. The Bertz CT molecular complexity index is 483. The minimum Gasteiger partial charge on any atom is -0.491 e. The van der Waals surface area contributed by atoms with Gasteiger partial charge in [0.25, 0.3) is 0 Å². The second-order valence-corrected chi connectivity index (χ2v) is 6.54. The molecule has 124 valence electrons. The summed E-state index contributed by atoms with van der Waals surface area (Å²) in [5.41, 5.74) is 0.469. The molecule has 0 radical (unpaired) electrons. The number of hydrogen-bond donors (Lipinski definition) is 0. The molecule has 1 aliphatic heterocycles. The molecule has 1 amide bonds. The molecule has 0 N–H and O–H groups in total. The molecule has 0 bridgehead atoms. The molecule has 1 aliphatic rings. The summed E-state index contributed by atoms with van der Waals surface area (Å²) in [5, 5.41) is 0. The van der Waals surface area contributed by atoms with Crippen LogP contribution in [0, 0.1) is 0 Å². The monoisotopic (exact) mass is 307 g/mol. The van der Waals surface area contributed by atoms with Crippen molar-refractivity contribution in [3.05, 3.63) is 35.6 Å². The average Bonchev–Trinajstić information content (AvgIpc) is 2.49. The molecule has 0 spiro atoms. The van der Waals surface area contributed by atoms with Gasteiger partial charge in [0, 0.05) is 5.57 Å². The lowest BCUT2D eigenvalue weighted by atomic mass is 10.0. The summed E-state index contributed by atoms with van der Waals surface area (Å²) in [5.74, 6) is 0.811. The third-order valence-corrected chi connectivity index (χ3v) is 3.38. The lowest BCUT2D eigenvalue weighted by Crippen LogP contribution is -2.48. The van der Waals surface area contributed by atoms with Crippen LogP contribution in [0.3, 0.4) is 0 Å². The van der Waals surface area contributed by atoms with Gasteiger partial charge in [0.05, 0.1) is 12.1 Å². The Morgan fingerprint density at radius 2 is 1.82 bits per heavy atom. The molecule has 4 heteroatoms. The molecule has 0 aromatic carbocycles. The number of hydrogen-bond acceptors (Lipinski definition) is 3. The molecular formula is C18H29NO3. The summed E-state index contributed by atoms with van der Waals surface area (Å²) in [4.78, 5) is 14.3. The molecular weight excluding hydrogens is 278 g/mol. The molecule has 2 unspecified atom stereocenters. The number of carbonyl (C=O) groups is 1. The predicted molar refractivity (Wildman–Crippen MR) is 89.6 cm³/mol. The number of rotatable bonds is 2. The van der Waals surface area contributed by atoms with E-state index >= 15 is 0 Å². The van der Waals surface area contributed by atoms with Gasteiger partial charge in [-0.25, -0.2) is 4.79 Å². The van der Waals surface area contributed by atoms with E-state index in [0.717, 1.165) is 11.3 Å². The molecule has 0 saturated carbocycles. The van der Waals surface area contributed by atoms with Gasteiger partial charge in [-0.2, -0.15) is 0 Å². The summed E-state index contributed by atoms with van der Waals surface area (Å²) in [6.07, 6.45) is 7.54. The van der Waals surface area contributed by atoms with Crippen molar-refractivity contribution in [1.29, 1.82) is 0 Å². The molecule has 0 aliphatic carbocycles. The van der Waals surface area contributed by atoms with Gasteiger partial charge >= 0.3 is 6.09 Å². The molecule has 4 nitrogen and oxygen atoms in total. The maximum atomic E-state index is 12.6. The van der Waals surface area contributed by atoms with Gasteiger partial charge < -0.3 is 9.47 Å². The maximum absolute atomic E-state index is 12.6. The highest BCUT2D eigenvalue weighted by atomic mass is 16.6. The zero-order valence-corrected chi connectivity index (χ0v) is 14.8. The average molecular weight is 307 g/mol. The normalized spacial score (nSPS) is 23.9. The molecule has 0 saturated heterocycles. The lowest BCUT2D eigenvalue weighted by molar-refractivity contribution is 0.00770. The molecule has 2 atom stereocenters. The highest BCUT2D eigenvalue weighted by molar-refractivity contribution is 5.70. The van der Waals surface area contributed by atoms with E-state index in [4.69, 9.17) is 9.47 Å². The van der Waals surface area contributed by atoms with Crippen LogP contribution in [0.5, 0.6) is 0 Å². The van der Waals surface area contributed by atoms with Crippen molar-refractivity contribution in [1.82, 2.24) is 4.90 Å². The predicted octanol–water partition coefficient (Wildman–Crippen LogP) is 4.44. The van der Waals surface area contributed by atoms with Crippen LogP contribution in [0.1, 0.15) is 48.5 Å². The fraction of sp³-hybridized carbons (Fsp3) is 0.611. The molecule has 22 heavy (non-hydrogen) atoms. The van der Waals surface area contributed by atoms with E-state index in [1.807, 2.05) is 72.8 Å². The summed E-state index contributed by atoms with van der Waals surface area (Å²) >= 11 is 0. The summed E-state index contributed by atoms with van der Waals surface area (Å²) in [7, 11) is 0. The van der Waals surface area contributed by atoms with Crippen LogP contribution in [0.4, 0.5) is 4.79 Å². The van der Waals surface area contributed by atoms with Gasteiger partial charge in [0.15, 0.2) is 0 Å². The zero-order chi connectivity index (χ0) is 16.9. The third-order valence-electron chi connectivity index (χ3n) is 3.38. The van der Waals surface area contributed by atoms with E-state index in [2.05, 4.69) is 0 Å². The van der Waals surface area contributed by atoms with Crippen LogP contribution in [-0.4, -0.2) is 35.3 Å². The molecule has 0 aromatic heterocycles. The lowest BCUT2D eigenvalue weighted by Gasteiger charge is -2.34. The Morgan fingerprint density at radius 3 is 2.32 bits per heavy atom. The van der Waals surface area contributed by atoms with Crippen LogP contribution in [-0.2, 0) is 9.47 Å². The first-order chi connectivity index (χ1) is 10.2. The van der Waals surface area contributed by atoms with Gasteiger partial charge in [0.2, 0.25) is 0 Å². The van der Waals surface area contributed by atoms with Crippen molar-refractivity contribution >= 4 is 6.09 Å². The number of allylic oxidation sites excluding steroid dienone is 3. The summed E-state index contributed by atoms with van der Waals surface area (Å²) in [6.45, 7) is 14.0. The van der Waals surface area contributed by atoms with E-state index in [1.54, 1.807) is 4.90 Å². The van der Waals surface area contributed by atoms with Crippen LogP contribution in [0.25, 0.3) is 0 Å². The minimum absolute atomic E-state index is 0.0622. The Hall–Kier alpha value is -1.71. The maximum Gasteiger partial charge on any atom is 0.411 e. The molecule has 0 aromatic rings. The fourth-order valence-corrected chi connectivity index (χ4v) is 2.46. The Labute approximate surface area is 134 Å². The largest absolute Gasteiger partial charge is 0.491 e. The highest BCUT2D eigenvalue weighted by Gasteiger charge is 2.34. The van der Waals surface area contributed by atoms with Crippen LogP contribution < -0.4 is 0 Å². The van der Waals surface area contributed by atoms with Crippen molar-refractivity contribution in [3.63, 3.8) is 0 Å². The van der Waals surface area contributed by atoms with E-state index in [0.29, 0.717) is 6.61 Å². The first-order valence-electron chi connectivity index (χ1n) is 7.85. The Kier molecular flexibility index (Phi) is 6.27. The van der Waals surface area contributed by atoms with Crippen molar-refractivity contribution in [2.75, 3.05) is 6.61 Å². The topological polar surface area (TPSA) is 38.8 Å². The van der Waals surface area contributed by atoms with E-state index in [9.17, 15) is 4.79 Å². The highest BCUT2D eigenvalue weighted by Crippen LogP contribution is 2.26. The van der Waals surface area contributed by atoms with E-state index in [-0.39, 0.29) is 18.2 Å². The third kappa shape index (κ3) is 4.65. The van der Waals surface area contributed by atoms with Crippen molar-refractivity contribution in [2.24, 2.45) is 0 Å².